The molecule has 92 valence electrons. The van der Waals surface area contributed by atoms with Gasteiger partial charge in [-0.3, -0.25) is 4.79 Å². The van der Waals surface area contributed by atoms with Crippen LogP contribution in [0.5, 0.6) is 0 Å². The Morgan fingerprint density at radius 2 is 2.25 bits per heavy atom. The molecule has 0 aromatic heterocycles. The number of carbonyl (C=O) groups excluding carboxylic acids is 1. The Balaban J connectivity index is 1.52. The molecule has 0 bridgehead atoms. The zero-order chi connectivity index (χ0) is 11.4. The second-order valence-corrected chi connectivity index (χ2v) is 4.75. The molecule has 0 radical (unpaired) electrons. The summed E-state index contributed by atoms with van der Waals surface area (Å²) in [6, 6.07) is 0. The average Bonchev–Trinajstić information content (AvgIpc) is 2.99. The normalized spacial score (nSPS) is 29.3. The molecule has 3 N–H and O–H groups in total. The van der Waals surface area contributed by atoms with E-state index in [1.54, 1.807) is 0 Å². The molecule has 1 heterocycles. The first-order valence-corrected chi connectivity index (χ1v) is 5.99. The molecule has 0 aromatic rings. The van der Waals surface area contributed by atoms with E-state index in [2.05, 4.69) is 10.6 Å². The van der Waals surface area contributed by atoms with Crippen LogP contribution in [0.25, 0.3) is 0 Å². The Morgan fingerprint density at radius 3 is 2.88 bits per heavy atom. The van der Waals surface area contributed by atoms with Gasteiger partial charge in [0.05, 0.1) is 12.7 Å². The molecule has 1 aliphatic heterocycles. The van der Waals surface area contributed by atoms with Crippen molar-refractivity contribution in [1.82, 2.24) is 10.6 Å². The Bertz CT molecular complexity index is 243. The molecular weight excluding hydrogens is 208 g/mol. The van der Waals surface area contributed by atoms with E-state index in [1.807, 2.05) is 0 Å². The molecule has 2 aliphatic rings. The summed E-state index contributed by atoms with van der Waals surface area (Å²) in [6.45, 7) is 2.77. The third kappa shape index (κ3) is 3.73. The van der Waals surface area contributed by atoms with E-state index in [-0.39, 0.29) is 24.5 Å². The second kappa shape index (κ2) is 5.61. The summed E-state index contributed by atoms with van der Waals surface area (Å²) in [4.78, 5) is 11.4. The lowest BCUT2D eigenvalue weighted by molar-refractivity contribution is -0.126. The molecule has 5 heteroatoms. The predicted octanol–water partition coefficient (Wildman–Crippen LogP) is -0.890. The number of aliphatic hydroxyl groups excluding tert-OH is 1. The van der Waals surface area contributed by atoms with Crippen LogP contribution >= 0.6 is 0 Å². The van der Waals surface area contributed by atoms with Crippen LogP contribution in [0, 0.1) is 11.8 Å². The van der Waals surface area contributed by atoms with Gasteiger partial charge in [0.2, 0.25) is 5.91 Å². The van der Waals surface area contributed by atoms with Gasteiger partial charge in [0, 0.05) is 25.6 Å². The molecule has 1 saturated carbocycles. The summed E-state index contributed by atoms with van der Waals surface area (Å²) in [6.07, 6.45) is 2.14. The molecule has 5 nitrogen and oxygen atoms in total. The lowest BCUT2D eigenvalue weighted by Crippen LogP contribution is -2.36. The largest absolute Gasteiger partial charge is 0.391 e. The number of β-amino-alcohol motifs (C(OH)–C–C–N with tert-alkyl or cyclic N) is 1. The minimum atomic E-state index is -0.340. The molecular formula is C11H20N2O3. The topological polar surface area (TPSA) is 70.6 Å². The lowest BCUT2D eigenvalue weighted by Gasteiger charge is -2.14. The summed E-state index contributed by atoms with van der Waals surface area (Å²) < 4.78 is 5.27. The van der Waals surface area contributed by atoms with Crippen LogP contribution in [0.2, 0.25) is 0 Å². The summed E-state index contributed by atoms with van der Waals surface area (Å²) in [5.74, 6) is 0.737. The van der Waals surface area contributed by atoms with Crippen molar-refractivity contribution >= 4 is 5.91 Å². The number of ether oxygens (including phenoxy) is 1. The van der Waals surface area contributed by atoms with E-state index in [1.165, 1.54) is 12.8 Å². The fourth-order valence-corrected chi connectivity index (χ4v) is 1.83. The Kier molecular flexibility index (Phi) is 4.15. The minimum absolute atomic E-state index is 0.0836. The van der Waals surface area contributed by atoms with Gasteiger partial charge >= 0.3 is 0 Å². The highest BCUT2D eigenvalue weighted by Gasteiger charge is 2.25. The van der Waals surface area contributed by atoms with Crippen LogP contribution < -0.4 is 10.6 Å². The third-order valence-corrected chi connectivity index (χ3v) is 3.15. The van der Waals surface area contributed by atoms with Crippen LogP contribution in [0.15, 0.2) is 0 Å². The fourth-order valence-electron chi connectivity index (χ4n) is 1.83. The quantitative estimate of drug-likeness (QED) is 0.551. The lowest BCUT2D eigenvalue weighted by atomic mass is 10.1. The maximum Gasteiger partial charge on any atom is 0.246 e. The van der Waals surface area contributed by atoms with Crippen molar-refractivity contribution < 1.29 is 14.6 Å². The Hall–Kier alpha value is -0.650. The molecule has 0 aromatic carbocycles. The zero-order valence-electron chi connectivity index (χ0n) is 9.45. The van der Waals surface area contributed by atoms with Crippen molar-refractivity contribution in [2.24, 2.45) is 11.8 Å². The molecule has 1 amide bonds. The van der Waals surface area contributed by atoms with Crippen molar-refractivity contribution in [3.63, 3.8) is 0 Å². The van der Waals surface area contributed by atoms with Gasteiger partial charge in [-0.2, -0.15) is 0 Å². The van der Waals surface area contributed by atoms with Gasteiger partial charge in [-0.25, -0.2) is 0 Å². The molecule has 1 saturated heterocycles. The monoisotopic (exact) mass is 228 g/mol. The van der Waals surface area contributed by atoms with E-state index in [9.17, 15) is 9.90 Å². The van der Waals surface area contributed by atoms with Crippen molar-refractivity contribution in [2.75, 3.05) is 32.8 Å². The van der Waals surface area contributed by atoms with Gasteiger partial charge in [-0.1, -0.05) is 0 Å². The highest BCUT2D eigenvalue weighted by Crippen LogP contribution is 2.28. The smallest absolute Gasteiger partial charge is 0.246 e. The van der Waals surface area contributed by atoms with Crippen molar-refractivity contribution in [3.05, 3.63) is 0 Å². The molecule has 0 spiro atoms. The number of nitrogens with one attached hydrogen (secondary N) is 2. The van der Waals surface area contributed by atoms with Crippen LogP contribution in [0.3, 0.4) is 0 Å². The van der Waals surface area contributed by atoms with Crippen LogP contribution in [0.1, 0.15) is 12.8 Å². The van der Waals surface area contributed by atoms with Crippen molar-refractivity contribution in [2.45, 2.75) is 18.9 Å². The number of carbonyl (C=O) groups is 1. The fraction of sp³-hybridized carbons (Fsp3) is 0.909. The first-order chi connectivity index (χ1) is 7.75. The van der Waals surface area contributed by atoms with E-state index in [4.69, 9.17) is 4.74 Å². The first-order valence-electron chi connectivity index (χ1n) is 5.99. The van der Waals surface area contributed by atoms with Gasteiger partial charge in [0.1, 0.15) is 6.61 Å². The molecule has 16 heavy (non-hydrogen) atoms. The van der Waals surface area contributed by atoms with Gasteiger partial charge in [-0.05, 0) is 18.8 Å². The Morgan fingerprint density at radius 1 is 1.44 bits per heavy atom. The predicted molar refractivity (Wildman–Crippen MR) is 58.9 cm³/mol. The summed E-state index contributed by atoms with van der Waals surface area (Å²) >= 11 is 0. The standard InChI is InChI=1S/C11H20N2O3/c14-10-5-12-3-9(10)4-13-11(15)7-16-6-8-1-2-8/h8-10,12,14H,1-7H2,(H,13,15). The van der Waals surface area contributed by atoms with Crippen molar-refractivity contribution in [3.8, 4) is 0 Å². The van der Waals surface area contributed by atoms with Crippen molar-refractivity contribution in [1.29, 1.82) is 0 Å². The maximum atomic E-state index is 11.4. The summed E-state index contributed by atoms with van der Waals surface area (Å²) in [5.41, 5.74) is 0. The molecule has 2 rings (SSSR count). The summed E-state index contributed by atoms with van der Waals surface area (Å²) in [5, 5.41) is 15.4. The van der Waals surface area contributed by atoms with E-state index in [0.717, 1.165) is 6.54 Å². The van der Waals surface area contributed by atoms with Gasteiger partial charge < -0.3 is 20.5 Å². The second-order valence-electron chi connectivity index (χ2n) is 4.75. The molecule has 2 unspecified atom stereocenters. The van der Waals surface area contributed by atoms with Gasteiger partial charge in [-0.15, -0.1) is 0 Å². The molecule has 2 atom stereocenters. The average molecular weight is 228 g/mol. The number of aliphatic hydroxyl groups is 1. The maximum absolute atomic E-state index is 11.4. The highest BCUT2D eigenvalue weighted by atomic mass is 16.5. The first kappa shape index (κ1) is 11.8. The zero-order valence-corrected chi connectivity index (χ0v) is 9.45. The number of amides is 1. The van der Waals surface area contributed by atoms with Crippen LogP contribution in [-0.4, -0.2) is 50.0 Å². The van der Waals surface area contributed by atoms with Crippen LogP contribution in [0.4, 0.5) is 0 Å². The number of hydrogen-bond donors (Lipinski definition) is 3. The molecule has 1 aliphatic carbocycles. The van der Waals surface area contributed by atoms with E-state index < -0.39 is 0 Å². The molecule has 2 fully saturated rings. The van der Waals surface area contributed by atoms with E-state index >= 15 is 0 Å². The van der Waals surface area contributed by atoms with Gasteiger partial charge in [0.15, 0.2) is 0 Å². The van der Waals surface area contributed by atoms with Crippen LogP contribution in [-0.2, 0) is 9.53 Å². The number of hydrogen-bond acceptors (Lipinski definition) is 4. The van der Waals surface area contributed by atoms with Gasteiger partial charge in [0.25, 0.3) is 0 Å². The third-order valence-electron chi connectivity index (χ3n) is 3.15. The SMILES string of the molecule is O=C(COCC1CC1)NCC1CNCC1O. The highest BCUT2D eigenvalue weighted by molar-refractivity contribution is 5.77. The Labute approximate surface area is 95.5 Å². The van der Waals surface area contributed by atoms with E-state index in [0.29, 0.717) is 25.6 Å². The minimum Gasteiger partial charge on any atom is -0.391 e. The summed E-state index contributed by atoms with van der Waals surface area (Å²) in [7, 11) is 0. The number of rotatable bonds is 6.